The second-order valence-electron chi connectivity index (χ2n) is 4.48. The van der Waals surface area contributed by atoms with Gasteiger partial charge in [-0.15, -0.1) is 0 Å². The smallest absolute Gasteiger partial charge is 0.240 e. The summed E-state index contributed by atoms with van der Waals surface area (Å²) in [5.41, 5.74) is 6.56. The van der Waals surface area contributed by atoms with Crippen molar-refractivity contribution in [2.24, 2.45) is 5.73 Å². The fourth-order valence-electron chi connectivity index (χ4n) is 1.66. The van der Waals surface area contributed by atoms with Crippen LogP contribution in [0.2, 0.25) is 0 Å². The Morgan fingerprint density at radius 1 is 1.29 bits per heavy atom. The van der Waals surface area contributed by atoms with Gasteiger partial charge in [-0.1, -0.05) is 25.2 Å². The summed E-state index contributed by atoms with van der Waals surface area (Å²) in [5.74, 6) is -0.247. The molecule has 0 aliphatic carbocycles. The van der Waals surface area contributed by atoms with Crippen LogP contribution in [0.1, 0.15) is 18.1 Å². The number of sulfonamides is 1. The molecule has 0 aliphatic heterocycles. The molecule has 0 amide bonds. The molecule has 0 saturated carbocycles. The highest BCUT2D eigenvalue weighted by molar-refractivity contribution is 7.91. The Labute approximate surface area is 130 Å². The van der Waals surface area contributed by atoms with E-state index in [1.807, 2.05) is 0 Å². The third-order valence-electron chi connectivity index (χ3n) is 2.89. The van der Waals surface area contributed by atoms with E-state index in [0.29, 0.717) is 11.1 Å². The van der Waals surface area contributed by atoms with E-state index in [0.717, 1.165) is 0 Å². The molecule has 6 nitrogen and oxygen atoms in total. The quantitative estimate of drug-likeness (QED) is 0.687. The Kier molecular flexibility index (Phi) is 5.85. The average molecular weight is 350 g/mol. The van der Waals surface area contributed by atoms with Crippen molar-refractivity contribution < 1.29 is 16.8 Å². The Hall–Kier alpha value is -1.03. The molecule has 0 atom stereocenters. The maximum atomic E-state index is 12.1. The Morgan fingerprint density at radius 3 is 2.38 bits per heavy atom. The summed E-state index contributed by atoms with van der Waals surface area (Å²) in [6.07, 6.45) is 0. The maximum Gasteiger partial charge on any atom is 0.240 e. The zero-order valence-corrected chi connectivity index (χ0v) is 14.2. The van der Waals surface area contributed by atoms with E-state index in [1.54, 1.807) is 13.0 Å². The molecule has 0 unspecified atom stereocenters. The van der Waals surface area contributed by atoms with Crippen molar-refractivity contribution in [2.75, 3.05) is 18.1 Å². The van der Waals surface area contributed by atoms with Gasteiger partial charge in [0.25, 0.3) is 0 Å². The summed E-state index contributed by atoms with van der Waals surface area (Å²) in [4.78, 5) is 0.264. The minimum atomic E-state index is -3.76. The lowest BCUT2D eigenvalue weighted by atomic mass is 10.1. The molecule has 0 saturated heterocycles. The van der Waals surface area contributed by atoms with Crippen molar-refractivity contribution in [1.82, 2.24) is 4.72 Å². The summed E-state index contributed by atoms with van der Waals surface area (Å²) in [5, 5.41) is 0. The predicted molar refractivity (Wildman–Crippen MR) is 86.6 cm³/mol. The van der Waals surface area contributed by atoms with E-state index in [9.17, 15) is 16.8 Å². The highest BCUT2D eigenvalue weighted by atomic mass is 32.2. The lowest BCUT2D eigenvalue weighted by Gasteiger charge is -2.10. The van der Waals surface area contributed by atoms with Gasteiger partial charge in [0.05, 0.1) is 10.6 Å². The Balaban J connectivity index is 2.91. The molecule has 0 spiro atoms. The van der Waals surface area contributed by atoms with Crippen molar-refractivity contribution in [2.45, 2.75) is 18.7 Å². The van der Waals surface area contributed by atoms with E-state index in [2.05, 4.69) is 4.72 Å². The first kappa shape index (κ1) is 18.0. The molecule has 1 rings (SSSR count). The highest BCUT2D eigenvalue weighted by Crippen LogP contribution is 2.16. The SMILES string of the molecule is CCS(=O)(=O)CCNS(=O)(=O)c1ccc(C(N)=S)cc1C. The molecule has 0 aliphatic rings. The summed E-state index contributed by atoms with van der Waals surface area (Å²) in [6, 6.07) is 4.51. The maximum absolute atomic E-state index is 12.1. The number of nitrogens with two attached hydrogens (primary N) is 1. The lowest BCUT2D eigenvalue weighted by molar-refractivity contribution is 0.580. The summed E-state index contributed by atoms with van der Waals surface area (Å²) in [7, 11) is -6.98. The minimum Gasteiger partial charge on any atom is -0.389 e. The molecule has 118 valence electrons. The molecule has 0 fully saturated rings. The zero-order chi connectivity index (χ0) is 16.3. The third kappa shape index (κ3) is 5.03. The number of nitrogens with one attached hydrogen (secondary N) is 1. The van der Waals surface area contributed by atoms with Gasteiger partial charge in [0.1, 0.15) is 4.99 Å². The van der Waals surface area contributed by atoms with Crippen LogP contribution in [0, 0.1) is 6.92 Å². The molecule has 21 heavy (non-hydrogen) atoms. The van der Waals surface area contributed by atoms with E-state index in [-0.39, 0.29) is 27.9 Å². The van der Waals surface area contributed by atoms with E-state index < -0.39 is 19.9 Å². The van der Waals surface area contributed by atoms with E-state index in [1.165, 1.54) is 19.1 Å². The average Bonchev–Trinajstić information content (AvgIpc) is 2.37. The van der Waals surface area contributed by atoms with Crippen molar-refractivity contribution in [1.29, 1.82) is 0 Å². The van der Waals surface area contributed by atoms with Crippen LogP contribution in [-0.4, -0.2) is 39.9 Å². The van der Waals surface area contributed by atoms with Crippen LogP contribution in [0.5, 0.6) is 0 Å². The van der Waals surface area contributed by atoms with Gasteiger partial charge < -0.3 is 5.73 Å². The molecule has 3 N–H and O–H groups in total. The lowest BCUT2D eigenvalue weighted by Crippen LogP contribution is -2.30. The number of hydrogen-bond acceptors (Lipinski definition) is 5. The largest absolute Gasteiger partial charge is 0.389 e. The first-order valence-corrected chi connectivity index (χ1v) is 9.91. The molecule has 0 bridgehead atoms. The van der Waals surface area contributed by atoms with Crippen molar-refractivity contribution in [3.8, 4) is 0 Å². The van der Waals surface area contributed by atoms with Gasteiger partial charge >= 0.3 is 0 Å². The topological polar surface area (TPSA) is 106 Å². The van der Waals surface area contributed by atoms with Gasteiger partial charge in [0.15, 0.2) is 9.84 Å². The number of thiocarbonyl (C=S) groups is 1. The summed E-state index contributed by atoms with van der Waals surface area (Å²) < 4.78 is 49.3. The molecule has 0 aromatic heterocycles. The fourth-order valence-corrected chi connectivity index (χ4v) is 3.87. The van der Waals surface area contributed by atoms with Gasteiger partial charge in [0.2, 0.25) is 10.0 Å². The molecule has 0 radical (unpaired) electrons. The number of sulfone groups is 1. The standard InChI is InChI=1S/C12H18N2O4S3/c1-3-20(15,16)7-6-14-21(17,18)11-5-4-10(12(13)19)8-9(11)2/h4-5,8,14H,3,6-7H2,1-2H3,(H2,13,19). The Bertz CT molecular complexity index is 740. The number of aryl methyl sites for hydroxylation is 1. The van der Waals surface area contributed by atoms with Crippen LogP contribution >= 0.6 is 12.2 Å². The molecule has 1 aromatic rings. The van der Waals surface area contributed by atoms with Crippen molar-refractivity contribution in [3.63, 3.8) is 0 Å². The fraction of sp³-hybridized carbons (Fsp3) is 0.417. The second kappa shape index (κ2) is 6.82. The molecule has 9 heteroatoms. The van der Waals surface area contributed by atoms with Gasteiger partial charge in [-0.2, -0.15) is 0 Å². The van der Waals surface area contributed by atoms with Crippen LogP contribution in [-0.2, 0) is 19.9 Å². The van der Waals surface area contributed by atoms with Gasteiger partial charge in [0, 0.05) is 17.9 Å². The van der Waals surface area contributed by atoms with Crippen LogP contribution in [0.3, 0.4) is 0 Å². The van der Waals surface area contributed by atoms with Crippen molar-refractivity contribution >= 4 is 37.1 Å². The van der Waals surface area contributed by atoms with Crippen LogP contribution in [0.4, 0.5) is 0 Å². The Morgan fingerprint density at radius 2 is 1.90 bits per heavy atom. The monoisotopic (exact) mass is 350 g/mol. The highest BCUT2D eigenvalue weighted by Gasteiger charge is 2.18. The van der Waals surface area contributed by atoms with Crippen LogP contribution < -0.4 is 10.5 Å². The second-order valence-corrected chi connectivity index (χ2v) is 9.13. The predicted octanol–water partition coefficient (Wildman–Crippen LogP) is 0.342. The molecule has 1 aromatic carbocycles. The van der Waals surface area contributed by atoms with Crippen molar-refractivity contribution in [3.05, 3.63) is 29.3 Å². The van der Waals surface area contributed by atoms with Crippen LogP contribution in [0.25, 0.3) is 0 Å². The van der Waals surface area contributed by atoms with Crippen LogP contribution in [0.15, 0.2) is 23.1 Å². The minimum absolute atomic E-state index is 0.0175. The summed E-state index contributed by atoms with van der Waals surface area (Å²) in [6.45, 7) is 2.98. The van der Waals surface area contributed by atoms with E-state index in [4.69, 9.17) is 18.0 Å². The van der Waals surface area contributed by atoms with Gasteiger partial charge in [-0.25, -0.2) is 21.6 Å². The van der Waals surface area contributed by atoms with E-state index >= 15 is 0 Å². The summed E-state index contributed by atoms with van der Waals surface area (Å²) >= 11 is 4.83. The first-order valence-electron chi connectivity index (χ1n) is 6.19. The first-order chi connectivity index (χ1) is 9.59. The number of benzene rings is 1. The number of rotatable bonds is 7. The number of hydrogen-bond donors (Lipinski definition) is 2. The third-order valence-corrected chi connectivity index (χ3v) is 6.46. The molecule has 0 heterocycles. The molecular weight excluding hydrogens is 332 g/mol. The van der Waals surface area contributed by atoms with Gasteiger partial charge in [-0.3, -0.25) is 0 Å². The van der Waals surface area contributed by atoms with Gasteiger partial charge in [-0.05, 0) is 24.6 Å². The molecular formula is C12H18N2O4S3. The normalized spacial score (nSPS) is 12.3. The zero-order valence-electron chi connectivity index (χ0n) is 11.8.